The van der Waals surface area contributed by atoms with Crippen LogP contribution in [0.5, 0.6) is 5.75 Å². The van der Waals surface area contributed by atoms with Gasteiger partial charge >= 0.3 is 0 Å². The first-order chi connectivity index (χ1) is 13.4. The third kappa shape index (κ3) is 5.07. The summed E-state index contributed by atoms with van der Waals surface area (Å²) in [4.78, 5) is 26.7. The Morgan fingerprint density at radius 2 is 1.79 bits per heavy atom. The van der Waals surface area contributed by atoms with Gasteiger partial charge < -0.3 is 15.3 Å². The Morgan fingerprint density at radius 3 is 2.39 bits per heavy atom. The summed E-state index contributed by atoms with van der Waals surface area (Å²) in [6, 6.07) is 12.4. The Kier molecular flexibility index (Phi) is 6.62. The number of phenols is 1. The van der Waals surface area contributed by atoms with Crippen LogP contribution in [0.3, 0.4) is 0 Å². The molecule has 1 fully saturated rings. The molecule has 2 N–H and O–H groups in total. The Hall–Kier alpha value is -2.47. The summed E-state index contributed by atoms with van der Waals surface area (Å²) in [6.07, 6.45) is 0.371. The molecule has 0 bridgehead atoms. The number of phenolic OH excluding ortho intramolecular Hbond substituents is 1. The van der Waals surface area contributed by atoms with Crippen molar-refractivity contribution in [3.05, 3.63) is 59.2 Å². The number of hydrogen-bond acceptors (Lipinski definition) is 4. The van der Waals surface area contributed by atoms with Crippen LogP contribution in [0.1, 0.15) is 41.3 Å². The number of carbonyl (C=O) groups is 2. The van der Waals surface area contributed by atoms with Gasteiger partial charge in [0.1, 0.15) is 5.75 Å². The van der Waals surface area contributed by atoms with Crippen molar-refractivity contribution >= 4 is 29.3 Å². The van der Waals surface area contributed by atoms with Gasteiger partial charge in [-0.3, -0.25) is 9.59 Å². The van der Waals surface area contributed by atoms with Crippen LogP contribution in [0.25, 0.3) is 0 Å². The topological polar surface area (TPSA) is 69.6 Å². The number of amides is 2. The van der Waals surface area contributed by atoms with E-state index < -0.39 is 0 Å². The molecular weight excluding hydrogens is 372 g/mol. The van der Waals surface area contributed by atoms with Gasteiger partial charge in [-0.15, -0.1) is 0 Å². The maximum Gasteiger partial charge on any atom is 0.259 e. The van der Waals surface area contributed by atoms with Crippen molar-refractivity contribution in [2.75, 3.05) is 29.9 Å². The number of rotatable bonds is 5. The molecule has 0 aliphatic carbocycles. The van der Waals surface area contributed by atoms with Crippen molar-refractivity contribution in [1.82, 2.24) is 4.90 Å². The smallest absolute Gasteiger partial charge is 0.259 e. The standard InChI is InChI=1S/C22H26N2O3S/c1-15(2)17-5-8-19(20(25)14-17)22(27)23-18-6-3-16(4-7-18)13-21(26)24-9-11-28-12-10-24/h3-8,14-15,25H,9-13H2,1-2H3,(H,23,27). The molecule has 1 aliphatic heterocycles. The number of carbonyl (C=O) groups excluding carboxylic acids is 2. The number of thioether (sulfide) groups is 1. The highest BCUT2D eigenvalue weighted by Gasteiger charge is 2.17. The quantitative estimate of drug-likeness (QED) is 0.802. The van der Waals surface area contributed by atoms with E-state index in [-0.39, 0.29) is 29.0 Å². The third-order valence-electron chi connectivity index (χ3n) is 4.86. The zero-order valence-corrected chi connectivity index (χ0v) is 17.1. The van der Waals surface area contributed by atoms with Crippen LogP contribution in [-0.2, 0) is 11.2 Å². The molecule has 6 heteroatoms. The van der Waals surface area contributed by atoms with E-state index in [1.54, 1.807) is 24.3 Å². The fraction of sp³-hybridized carbons (Fsp3) is 0.364. The molecule has 3 rings (SSSR count). The molecule has 1 saturated heterocycles. The van der Waals surface area contributed by atoms with Gasteiger partial charge in [-0.05, 0) is 41.3 Å². The first-order valence-corrected chi connectivity index (χ1v) is 10.7. The predicted octanol–water partition coefficient (Wildman–Crippen LogP) is 3.89. The van der Waals surface area contributed by atoms with Crippen LogP contribution in [0.15, 0.2) is 42.5 Å². The lowest BCUT2D eigenvalue weighted by atomic mass is 10.0. The normalized spacial score (nSPS) is 14.2. The van der Waals surface area contributed by atoms with Gasteiger partial charge in [0, 0.05) is 30.3 Å². The zero-order chi connectivity index (χ0) is 20.1. The minimum atomic E-state index is -0.359. The molecule has 0 atom stereocenters. The fourth-order valence-electron chi connectivity index (χ4n) is 3.10. The Morgan fingerprint density at radius 1 is 1.11 bits per heavy atom. The summed E-state index contributed by atoms with van der Waals surface area (Å²) in [5.41, 5.74) is 2.77. The van der Waals surface area contributed by atoms with Crippen LogP contribution in [-0.4, -0.2) is 46.4 Å². The van der Waals surface area contributed by atoms with Crippen molar-refractivity contribution in [3.8, 4) is 5.75 Å². The van der Waals surface area contributed by atoms with Crippen molar-refractivity contribution < 1.29 is 14.7 Å². The summed E-state index contributed by atoms with van der Waals surface area (Å²) in [5, 5.41) is 12.9. The number of hydrogen-bond donors (Lipinski definition) is 2. The van der Waals surface area contributed by atoms with E-state index >= 15 is 0 Å². The molecule has 0 spiro atoms. The Balaban J connectivity index is 1.60. The second-order valence-corrected chi connectivity index (χ2v) is 8.48. The van der Waals surface area contributed by atoms with Crippen LogP contribution in [0.4, 0.5) is 5.69 Å². The Bertz CT molecular complexity index is 843. The van der Waals surface area contributed by atoms with E-state index in [1.807, 2.05) is 48.7 Å². The van der Waals surface area contributed by atoms with Gasteiger partial charge in [-0.2, -0.15) is 11.8 Å². The second kappa shape index (κ2) is 9.15. The summed E-state index contributed by atoms with van der Waals surface area (Å²) in [6.45, 7) is 5.70. The maximum atomic E-state index is 12.5. The zero-order valence-electron chi connectivity index (χ0n) is 16.3. The fourth-order valence-corrected chi connectivity index (χ4v) is 4.01. The van der Waals surface area contributed by atoms with Crippen LogP contribution in [0, 0.1) is 0 Å². The number of anilines is 1. The molecule has 2 amide bonds. The van der Waals surface area contributed by atoms with Gasteiger partial charge in [0.05, 0.1) is 12.0 Å². The lowest BCUT2D eigenvalue weighted by molar-refractivity contribution is -0.130. The number of nitrogens with one attached hydrogen (secondary N) is 1. The third-order valence-corrected chi connectivity index (χ3v) is 5.81. The number of benzene rings is 2. The molecule has 2 aromatic rings. The van der Waals surface area contributed by atoms with Gasteiger partial charge in [-0.1, -0.05) is 32.0 Å². The molecule has 0 radical (unpaired) electrons. The lowest BCUT2D eigenvalue weighted by Crippen LogP contribution is -2.38. The molecule has 0 unspecified atom stereocenters. The molecule has 5 nitrogen and oxygen atoms in total. The van der Waals surface area contributed by atoms with Gasteiger partial charge in [0.15, 0.2) is 0 Å². The molecule has 0 aromatic heterocycles. The number of aromatic hydroxyl groups is 1. The monoisotopic (exact) mass is 398 g/mol. The number of nitrogens with zero attached hydrogens (tertiary/aromatic N) is 1. The first kappa shape index (κ1) is 20.3. The molecule has 1 aliphatic rings. The van der Waals surface area contributed by atoms with Crippen molar-refractivity contribution in [2.45, 2.75) is 26.2 Å². The highest BCUT2D eigenvalue weighted by Crippen LogP contribution is 2.24. The van der Waals surface area contributed by atoms with E-state index in [4.69, 9.17) is 0 Å². The van der Waals surface area contributed by atoms with Crippen molar-refractivity contribution in [2.24, 2.45) is 0 Å². The summed E-state index contributed by atoms with van der Waals surface area (Å²) >= 11 is 1.88. The summed E-state index contributed by atoms with van der Waals surface area (Å²) in [7, 11) is 0. The minimum absolute atomic E-state index is 0.0226. The average molecular weight is 399 g/mol. The molecule has 28 heavy (non-hydrogen) atoms. The van der Waals surface area contributed by atoms with Gasteiger partial charge in [-0.25, -0.2) is 0 Å². The summed E-state index contributed by atoms with van der Waals surface area (Å²) in [5.74, 6) is 2.05. The molecule has 148 valence electrons. The van der Waals surface area contributed by atoms with Crippen LogP contribution in [0.2, 0.25) is 0 Å². The van der Waals surface area contributed by atoms with Crippen LogP contribution < -0.4 is 5.32 Å². The van der Waals surface area contributed by atoms with E-state index in [2.05, 4.69) is 5.32 Å². The highest BCUT2D eigenvalue weighted by molar-refractivity contribution is 7.99. The highest BCUT2D eigenvalue weighted by atomic mass is 32.2. The summed E-state index contributed by atoms with van der Waals surface area (Å²) < 4.78 is 0. The van der Waals surface area contributed by atoms with Crippen molar-refractivity contribution in [3.63, 3.8) is 0 Å². The van der Waals surface area contributed by atoms with Crippen molar-refractivity contribution in [1.29, 1.82) is 0 Å². The predicted molar refractivity (Wildman–Crippen MR) is 114 cm³/mol. The average Bonchev–Trinajstić information content (AvgIpc) is 2.69. The molecule has 0 saturated carbocycles. The largest absolute Gasteiger partial charge is 0.507 e. The molecular formula is C22H26N2O3S. The van der Waals surface area contributed by atoms with Crippen LogP contribution >= 0.6 is 11.8 Å². The van der Waals surface area contributed by atoms with E-state index in [0.29, 0.717) is 12.1 Å². The van der Waals surface area contributed by atoms with Gasteiger partial charge in [0.25, 0.3) is 5.91 Å². The van der Waals surface area contributed by atoms with E-state index in [1.165, 1.54) is 0 Å². The van der Waals surface area contributed by atoms with E-state index in [0.717, 1.165) is 35.7 Å². The minimum Gasteiger partial charge on any atom is -0.507 e. The SMILES string of the molecule is CC(C)c1ccc(C(=O)Nc2ccc(CC(=O)N3CCSCC3)cc2)c(O)c1. The Labute approximate surface area is 170 Å². The molecule has 2 aromatic carbocycles. The molecule has 1 heterocycles. The maximum absolute atomic E-state index is 12.5. The lowest BCUT2D eigenvalue weighted by Gasteiger charge is -2.26. The van der Waals surface area contributed by atoms with E-state index in [9.17, 15) is 14.7 Å². The first-order valence-electron chi connectivity index (χ1n) is 9.53. The second-order valence-electron chi connectivity index (χ2n) is 7.25. The van der Waals surface area contributed by atoms with Gasteiger partial charge in [0.2, 0.25) is 5.91 Å².